The number of guanidine groups is 1. The van der Waals surface area contributed by atoms with Crippen molar-refractivity contribution in [1.82, 2.24) is 4.90 Å². The van der Waals surface area contributed by atoms with Crippen molar-refractivity contribution < 1.29 is 9.47 Å². The smallest absolute Gasteiger partial charge is 0.191 e. The first kappa shape index (κ1) is 15.9. The third-order valence-electron chi connectivity index (χ3n) is 3.75. The normalized spacial score (nSPS) is 22.2. The van der Waals surface area contributed by atoms with Gasteiger partial charge in [0.2, 0.25) is 0 Å². The van der Waals surface area contributed by atoms with E-state index in [4.69, 9.17) is 15.2 Å². The van der Waals surface area contributed by atoms with Crippen LogP contribution in [0.1, 0.15) is 19.3 Å². The quantitative estimate of drug-likeness (QED) is 0.453. The maximum Gasteiger partial charge on any atom is 0.191 e. The molecule has 0 bridgehead atoms. The Balaban J connectivity index is 1.49. The van der Waals surface area contributed by atoms with Crippen LogP contribution < -0.4 is 5.73 Å². The fraction of sp³-hybridized carbons (Fsp3) is 0.929. The van der Waals surface area contributed by atoms with Crippen molar-refractivity contribution in [2.24, 2.45) is 16.6 Å². The predicted molar refractivity (Wildman–Crippen MR) is 84.4 cm³/mol. The molecule has 2 rings (SSSR count). The largest absolute Gasteiger partial charge is 0.381 e. The first-order valence-electron chi connectivity index (χ1n) is 7.64. The van der Waals surface area contributed by atoms with Crippen LogP contribution in [0.5, 0.6) is 0 Å². The molecule has 0 aromatic heterocycles. The van der Waals surface area contributed by atoms with Gasteiger partial charge < -0.3 is 20.1 Å². The highest BCUT2D eigenvalue weighted by atomic mass is 32.2. The van der Waals surface area contributed by atoms with E-state index in [1.165, 1.54) is 0 Å². The van der Waals surface area contributed by atoms with Crippen molar-refractivity contribution in [3.05, 3.63) is 0 Å². The van der Waals surface area contributed by atoms with Gasteiger partial charge in [-0.05, 0) is 25.2 Å². The molecule has 20 heavy (non-hydrogen) atoms. The van der Waals surface area contributed by atoms with Crippen LogP contribution in [0, 0.1) is 5.92 Å². The second-order valence-corrected chi connectivity index (χ2v) is 6.55. The summed E-state index contributed by atoms with van der Waals surface area (Å²) in [5.41, 5.74) is 5.99. The van der Waals surface area contributed by atoms with Crippen molar-refractivity contribution in [3.63, 3.8) is 0 Å². The van der Waals surface area contributed by atoms with Crippen molar-refractivity contribution in [3.8, 4) is 0 Å². The monoisotopic (exact) mass is 301 g/mol. The molecule has 0 saturated carbocycles. The van der Waals surface area contributed by atoms with Gasteiger partial charge in [0.1, 0.15) is 0 Å². The molecule has 0 spiro atoms. The molecule has 6 heteroatoms. The number of rotatable bonds is 6. The van der Waals surface area contributed by atoms with E-state index in [9.17, 15) is 0 Å². The fourth-order valence-corrected chi connectivity index (χ4v) is 3.32. The van der Waals surface area contributed by atoms with Crippen molar-refractivity contribution >= 4 is 17.7 Å². The van der Waals surface area contributed by atoms with Gasteiger partial charge in [-0.3, -0.25) is 4.99 Å². The summed E-state index contributed by atoms with van der Waals surface area (Å²) in [6.45, 7) is 6.26. The highest BCUT2D eigenvalue weighted by molar-refractivity contribution is 7.99. The zero-order valence-corrected chi connectivity index (χ0v) is 13.1. The van der Waals surface area contributed by atoms with Gasteiger partial charge >= 0.3 is 0 Å². The molecule has 0 atom stereocenters. The summed E-state index contributed by atoms with van der Waals surface area (Å²) >= 11 is 1.98. The summed E-state index contributed by atoms with van der Waals surface area (Å²) in [5.74, 6) is 3.70. The lowest BCUT2D eigenvalue weighted by molar-refractivity contribution is 0.0205. The van der Waals surface area contributed by atoms with E-state index in [2.05, 4.69) is 9.89 Å². The van der Waals surface area contributed by atoms with E-state index in [1.807, 2.05) is 11.8 Å². The number of ether oxygens (including phenoxy) is 2. The summed E-state index contributed by atoms with van der Waals surface area (Å²) in [4.78, 5) is 6.62. The zero-order chi connectivity index (χ0) is 14.0. The molecule has 0 aliphatic carbocycles. The van der Waals surface area contributed by atoms with E-state index >= 15 is 0 Å². The van der Waals surface area contributed by atoms with Crippen LogP contribution in [0.25, 0.3) is 0 Å². The van der Waals surface area contributed by atoms with Gasteiger partial charge in [-0.15, -0.1) is 0 Å². The van der Waals surface area contributed by atoms with Crippen LogP contribution in [0.2, 0.25) is 0 Å². The maximum absolute atomic E-state index is 5.99. The summed E-state index contributed by atoms with van der Waals surface area (Å²) < 4.78 is 11.1. The number of thioether (sulfide) groups is 1. The Morgan fingerprint density at radius 2 is 2.05 bits per heavy atom. The van der Waals surface area contributed by atoms with Crippen LogP contribution in [0.3, 0.4) is 0 Å². The van der Waals surface area contributed by atoms with Gasteiger partial charge in [0.25, 0.3) is 0 Å². The summed E-state index contributed by atoms with van der Waals surface area (Å²) in [5, 5.41) is 0. The van der Waals surface area contributed by atoms with Gasteiger partial charge in [0.05, 0.1) is 0 Å². The lowest BCUT2D eigenvalue weighted by Gasteiger charge is -2.27. The van der Waals surface area contributed by atoms with Crippen LogP contribution in [0.4, 0.5) is 0 Å². The Morgan fingerprint density at radius 3 is 2.80 bits per heavy atom. The number of hydrogen-bond acceptors (Lipinski definition) is 4. The molecular formula is C14H27N3O2S. The zero-order valence-electron chi connectivity index (χ0n) is 12.3. The topological polar surface area (TPSA) is 60.1 Å². The molecule has 5 nitrogen and oxygen atoms in total. The summed E-state index contributed by atoms with van der Waals surface area (Å²) in [6.07, 6.45) is 3.22. The minimum Gasteiger partial charge on any atom is -0.381 e. The SMILES string of the molecule is NC(=NCCCOCC1CCOCC1)N1CCSCC1. The average Bonchev–Trinajstić information content (AvgIpc) is 2.52. The molecule has 2 aliphatic heterocycles. The van der Waals surface area contributed by atoms with Gasteiger partial charge in [0, 0.05) is 57.6 Å². The number of hydrogen-bond donors (Lipinski definition) is 1. The third-order valence-corrected chi connectivity index (χ3v) is 4.69. The molecule has 0 amide bonds. The summed E-state index contributed by atoms with van der Waals surface area (Å²) in [6, 6.07) is 0. The number of nitrogens with two attached hydrogens (primary N) is 1. The lowest BCUT2D eigenvalue weighted by atomic mass is 10.0. The van der Waals surface area contributed by atoms with Gasteiger partial charge in [-0.1, -0.05) is 0 Å². The molecule has 0 aromatic carbocycles. The Kier molecular flexibility index (Phi) is 7.54. The molecule has 0 radical (unpaired) electrons. The molecule has 2 fully saturated rings. The second kappa shape index (κ2) is 9.47. The number of nitrogens with zero attached hydrogens (tertiary/aromatic N) is 2. The van der Waals surface area contributed by atoms with Crippen molar-refractivity contribution in [1.29, 1.82) is 0 Å². The highest BCUT2D eigenvalue weighted by Gasteiger charge is 2.13. The Bertz CT molecular complexity index is 290. The van der Waals surface area contributed by atoms with Gasteiger partial charge in [0.15, 0.2) is 5.96 Å². The summed E-state index contributed by atoms with van der Waals surface area (Å²) in [7, 11) is 0. The van der Waals surface area contributed by atoms with Crippen LogP contribution in [0.15, 0.2) is 4.99 Å². The molecule has 0 aromatic rings. The molecule has 2 N–H and O–H groups in total. The Hall–Kier alpha value is -0.460. The fourth-order valence-electron chi connectivity index (χ4n) is 2.42. The highest BCUT2D eigenvalue weighted by Crippen LogP contribution is 2.14. The molecule has 2 saturated heterocycles. The van der Waals surface area contributed by atoms with Crippen LogP contribution in [-0.2, 0) is 9.47 Å². The minimum absolute atomic E-state index is 0.683. The second-order valence-electron chi connectivity index (χ2n) is 5.32. The lowest BCUT2D eigenvalue weighted by Crippen LogP contribution is -2.42. The van der Waals surface area contributed by atoms with E-state index in [-0.39, 0.29) is 0 Å². The minimum atomic E-state index is 0.683. The Labute approximate surface area is 126 Å². The van der Waals surface area contributed by atoms with Crippen molar-refractivity contribution in [2.45, 2.75) is 19.3 Å². The van der Waals surface area contributed by atoms with Crippen LogP contribution >= 0.6 is 11.8 Å². The maximum atomic E-state index is 5.99. The Morgan fingerprint density at radius 1 is 1.30 bits per heavy atom. The van der Waals surface area contributed by atoms with Crippen LogP contribution in [-0.4, -0.2) is 68.4 Å². The third kappa shape index (κ3) is 5.89. The molecule has 116 valence electrons. The van der Waals surface area contributed by atoms with E-state index in [0.29, 0.717) is 11.9 Å². The first-order valence-corrected chi connectivity index (χ1v) is 8.80. The average molecular weight is 301 g/mol. The van der Waals surface area contributed by atoms with Gasteiger partial charge in [-0.25, -0.2) is 0 Å². The van der Waals surface area contributed by atoms with Crippen molar-refractivity contribution in [2.75, 3.05) is 57.6 Å². The molecule has 0 unspecified atom stereocenters. The van der Waals surface area contributed by atoms with E-state index < -0.39 is 0 Å². The van der Waals surface area contributed by atoms with E-state index in [0.717, 1.165) is 76.8 Å². The predicted octanol–water partition coefficient (Wildman–Crippen LogP) is 1.18. The molecule has 2 heterocycles. The molecule has 2 aliphatic rings. The molecular weight excluding hydrogens is 274 g/mol. The standard InChI is InChI=1S/C14H27N3O2S/c15-14(17-5-10-20-11-6-17)16-4-1-7-19-12-13-2-8-18-9-3-13/h13H,1-12H2,(H2,15,16). The number of aliphatic imine (C=N–C) groups is 1. The van der Waals surface area contributed by atoms with E-state index in [1.54, 1.807) is 0 Å². The first-order chi connectivity index (χ1) is 9.86. The van der Waals surface area contributed by atoms with Gasteiger partial charge in [-0.2, -0.15) is 11.8 Å².